The molecule has 3 heterocycles. The van der Waals surface area contributed by atoms with Crippen LogP contribution in [0.15, 0.2) is 24.3 Å². The second-order valence-corrected chi connectivity index (χ2v) is 6.64. The predicted octanol–water partition coefficient (Wildman–Crippen LogP) is 2.25. The summed E-state index contributed by atoms with van der Waals surface area (Å²) in [4.78, 5) is 5.56. The van der Waals surface area contributed by atoms with Gasteiger partial charge in [-0.3, -0.25) is 0 Å². The third kappa shape index (κ3) is 1.47. The van der Waals surface area contributed by atoms with Gasteiger partial charge in [-0.25, -0.2) is 0 Å². The van der Waals surface area contributed by atoms with E-state index in [9.17, 15) is 0 Å². The maximum Gasteiger partial charge on any atom is 0.136 e. The van der Waals surface area contributed by atoms with Gasteiger partial charge in [0, 0.05) is 29.7 Å². The molecule has 1 aromatic heterocycles. The lowest BCUT2D eigenvalue weighted by atomic mass is 9.84. The van der Waals surface area contributed by atoms with Crippen molar-refractivity contribution in [1.82, 2.24) is 4.98 Å². The molecule has 0 spiro atoms. The highest BCUT2D eigenvalue weighted by atomic mass is 15.2. The first-order valence-electron chi connectivity index (χ1n) is 7.67. The first-order valence-corrected chi connectivity index (χ1v) is 7.67. The minimum atomic E-state index is 0.327. The Balaban J connectivity index is 1.90. The molecule has 2 N–H and O–H groups in total. The Morgan fingerprint density at radius 1 is 1.37 bits per heavy atom. The molecule has 0 aliphatic carbocycles. The van der Waals surface area contributed by atoms with Gasteiger partial charge in [-0.2, -0.15) is 0 Å². The number of benzene rings is 1. The number of fused-ring (bicyclic) bond motifs is 5. The predicted molar refractivity (Wildman–Crippen MR) is 78.4 cm³/mol. The van der Waals surface area contributed by atoms with Crippen molar-refractivity contribution in [3.8, 4) is 0 Å². The number of para-hydroxylation sites is 1. The van der Waals surface area contributed by atoms with Crippen LogP contribution in [-0.4, -0.2) is 18.1 Å². The highest BCUT2D eigenvalue weighted by Gasteiger charge is 2.50. The second kappa shape index (κ2) is 3.86. The number of hydrogen-bond acceptors (Lipinski definition) is 0. The molecule has 2 heteroatoms. The van der Waals surface area contributed by atoms with Crippen LogP contribution in [0.25, 0.3) is 10.9 Å². The SMILES string of the molecule is CC[C@@H]1C[NH+]2CCc3c([nH]c4ccccc34)[C@]2(C)C1. The molecule has 0 saturated carbocycles. The highest BCUT2D eigenvalue weighted by Crippen LogP contribution is 2.37. The Bertz CT molecular complexity index is 627. The molecular weight excluding hydrogens is 232 g/mol. The van der Waals surface area contributed by atoms with Crippen LogP contribution >= 0.6 is 0 Å². The summed E-state index contributed by atoms with van der Waals surface area (Å²) in [6.45, 7) is 7.49. The van der Waals surface area contributed by atoms with Crippen LogP contribution in [0.4, 0.5) is 0 Å². The van der Waals surface area contributed by atoms with Crippen molar-refractivity contribution >= 4 is 10.9 Å². The van der Waals surface area contributed by atoms with Crippen LogP contribution < -0.4 is 4.90 Å². The van der Waals surface area contributed by atoms with Gasteiger partial charge in [0.2, 0.25) is 0 Å². The lowest BCUT2D eigenvalue weighted by Gasteiger charge is -2.36. The molecule has 0 amide bonds. The quantitative estimate of drug-likeness (QED) is 0.779. The Hall–Kier alpha value is -1.28. The van der Waals surface area contributed by atoms with Gasteiger partial charge in [0.05, 0.1) is 18.8 Å². The molecule has 1 unspecified atom stereocenters. The second-order valence-electron chi connectivity index (χ2n) is 6.64. The van der Waals surface area contributed by atoms with Gasteiger partial charge >= 0.3 is 0 Å². The van der Waals surface area contributed by atoms with Gasteiger partial charge in [0.15, 0.2) is 0 Å². The summed E-state index contributed by atoms with van der Waals surface area (Å²) in [7, 11) is 0. The van der Waals surface area contributed by atoms with Crippen molar-refractivity contribution in [3.63, 3.8) is 0 Å². The summed E-state index contributed by atoms with van der Waals surface area (Å²) >= 11 is 0. The monoisotopic (exact) mass is 255 g/mol. The van der Waals surface area contributed by atoms with E-state index in [1.54, 1.807) is 10.5 Å². The van der Waals surface area contributed by atoms with E-state index in [4.69, 9.17) is 0 Å². The zero-order chi connectivity index (χ0) is 13.0. The van der Waals surface area contributed by atoms with Crippen LogP contribution in [0.3, 0.4) is 0 Å². The fourth-order valence-electron chi connectivity index (χ4n) is 4.52. The van der Waals surface area contributed by atoms with Gasteiger partial charge < -0.3 is 9.88 Å². The minimum absolute atomic E-state index is 0.327. The van der Waals surface area contributed by atoms with Crippen LogP contribution in [0.1, 0.15) is 37.9 Å². The van der Waals surface area contributed by atoms with E-state index in [0.717, 1.165) is 5.92 Å². The molecule has 4 rings (SSSR count). The van der Waals surface area contributed by atoms with Gasteiger partial charge in [-0.05, 0) is 25.0 Å². The highest BCUT2D eigenvalue weighted by molar-refractivity contribution is 5.85. The van der Waals surface area contributed by atoms with Crippen molar-refractivity contribution in [2.45, 2.75) is 38.6 Å². The average Bonchev–Trinajstić information content (AvgIpc) is 2.96. The maximum atomic E-state index is 3.75. The largest absolute Gasteiger partial charge is 0.353 e. The Morgan fingerprint density at radius 3 is 3.05 bits per heavy atom. The smallest absolute Gasteiger partial charge is 0.136 e. The van der Waals surface area contributed by atoms with Crippen LogP contribution in [0.5, 0.6) is 0 Å². The summed E-state index contributed by atoms with van der Waals surface area (Å²) in [6.07, 6.45) is 3.91. The molecule has 3 atom stereocenters. The van der Waals surface area contributed by atoms with Crippen molar-refractivity contribution < 1.29 is 4.90 Å². The molecule has 2 nitrogen and oxygen atoms in total. The normalized spacial score (nSPS) is 33.4. The fraction of sp³-hybridized carbons (Fsp3) is 0.529. The van der Waals surface area contributed by atoms with E-state index in [1.807, 2.05) is 0 Å². The Morgan fingerprint density at radius 2 is 2.21 bits per heavy atom. The molecule has 100 valence electrons. The molecule has 1 saturated heterocycles. The van der Waals surface area contributed by atoms with E-state index >= 15 is 0 Å². The topological polar surface area (TPSA) is 20.2 Å². The molecule has 2 aromatic rings. The molecule has 19 heavy (non-hydrogen) atoms. The molecule has 0 radical (unpaired) electrons. The molecule has 0 bridgehead atoms. The van der Waals surface area contributed by atoms with Crippen LogP contribution in [-0.2, 0) is 12.0 Å². The number of aromatic amines is 1. The third-order valence-electron chi connectivity index (χ3n) is 5.63. The Kier molecular flexibility index (Phi) is 2.34. The van der Waals surface area contributed by atoms with E-state index in [0.29, 0.717) is 5.54 Å². The zero-order valence-corrected chi connectivity index (χ0v) is 11.9. The van der Waals surface area contributed by atoms with E-state index in [-0.39, 0.29) is 0 Å². The summed E-state index contributed by atoms with van der Waals surface area (Å²) in [6, 6.07) is 8.82. The van der Waals surface area contributed by atoms with Gasteiger partial charge in [-0.15, -0.1) is 0 Å². The zero-order valence-electron chi connectivity index (χ0n) is 11.9. The molecule has 2 aliphatic rings. The van der Waals surface area contributed by atoms with Crippen molar-refractivity contribution in [2.24, 2.45) is 5.92 Å². The van der Waals surface area contributed by atoms with Gasteiger partial charge in [0.25, 0.3) is 0 Å². The van der Waals surface area contributed by atoms with E-state index in [1.165, 1.54) is 48.9 Å². The summed E-state index contributed by atoms with van der Waals surface area (Å²) < 4.78 is 0. The van der Waals surface area contributed by atoms with E-state index < -0.39 is 0 Å². The molecule has 1 fully saturated rings. The van der Waals surface area contributed by atoms with Crippen molar-refractivity contribution in [1.29, 1.82) is 0 Å². The lowest BCUT2D eigenvalue weighted by Crippen LogP contribution is -3.17. The summed E-state index contributed by atoms with van der Waals surface area (Å²) in [5, 5.41) is 1.46. The van der Waals surface area contributed by atoms with Gasteiger partial charge in [0.1, 0.15) is 5.54 Å². The van der Waals surface area contributed by atoms with E-state index in [2.05, 4.69) is 43.1 Å². The number of rotatable bonds is 1. The number of hydrogen-bond donors (Lipinski definition) is 2. The van der Waals surface area contributed by atoms with Crippen LogP contribution in [0, 0.1) is 5.92 Å². The number of nitrogens with one attached hydrogen (secondary N) is 2. The Labute approximate surface area is 114 Å². The van der Waals surface area contributed by atoms with Crippen molar-refractivity contribution in [2.75, 3.05) is 13.1 Å². The molecular formula is C17H23N2+. The minimum Gasteiger partial charge on any atom is -0.353 e. The fourth-order valence-corrected chi connectivity index (χ4v) is 4.52. The summed E-state index contributed by atoms with van der Waals surface area (Å²) in [5.41, 5.74) is 4.78. The molecule has 2 aliphatic heterocycles. The maximum absolute atomic E-state index is 3.75. The lowest BCUT2D eigenvalue weighted by molar-refractivity contribution is -0.948. The standard InChI is InChI=1S/C17H22N2/c1-3-12-10-17(2)16-14(8-9-19(17)11-12)13-6-4-5-7-15(13)18-16/h4-7,12,18H,3,8-11H2,1-2H3/p+1/t12-,17-/m0/s1. The average molecular weight is 255 g/mol. The molecule has 1 aromatic carbocycles. The first-order chi connectivity index (χ1) is 9.22. The van der Waals surface area contributed by atoms with Crippen LogP contribution in [0.2, 0.25) is 0 Å². The van der Waals surface area contributed by atoms with Gasteiger partial charge in [-0.1, -0.05) is 25.1 Å². The number of H-pyrrole nitrogens is 1. The number of aromatic nitrogens is 1. The third-order valence-corrected chi connectivity index (χ3v) is 5.63. The first kappa shape index (κ1) is 11.5. The number of quaternary nitrogens is 1. The summed E-state index contributed by atoms with van der Waals surface area (Å²) in [5.74, 6) is 0.900. The van der Waals surface area contributed by atoms with Crippen molar-refractivity contribution in [3.05, 3.63) is 35.5 Å².